The number of benzene rings is 1. The van der Waals surface area contributed by atoms with Gasteiger partial charge in [0.2, 0.25) is 5.91 Å². The predicted molar refractivity (Wildman–Crippen MR) is 76.8 cm³/mol. The lowest BCUT2D eigenvalue weighted by Gasteiger charge is -2.10. The summed E-state index contributed by atoms with van der Waals surface area (Å²) in [6, 6.07) is 7.91. The number of thioether (sulfide) groups is 1. The molecule has 0 radical (unpaired) electrons. The van der Waals surface area contributed by atoms with Gasteiger partial charge < -0.3 is 10.1 Å². The summed E-state index contributed by atoms with van der Waals surface area (Å²) >= 11 is 5.00. The molecular formula is C13H16BrNO2S. The van der Waals surface area contributed by atoms with Gasteiger partial charge in [-0.15, -0.1) is 11.8 Å². The Balaban J connectivity index is 1.69. The van der Waals surface area contributed by atoms with Gasteiger partial charge in [-0.3, -0.25) is 4.79 Å². The number of carbonyl (C=O) groups excluding carboxylic acids is 1. The average molecular weight is 330 g/mol. The van der Waals surface area contributed by atoms with E-state index in [2.05, 4.69) is 21.2 Å². The highest BCUT2D eigenvalue weighted by Crippen LogP contribution is 2.26. The van der Waals surface area contributed by atoms with Crippen molar-refractivity contribution in [3.8, 4) is 0 Å². The molecule has 1 saturated heterocycles. The van der Waals surface area contributed by atoms with E-state index in [9.17, 15) is 4.79 Å². The van der Waals surface area contributed by atoms with E-state index < -0.39 is 0 Å². The SMILES string of the molecule is O=C(CSc1ccccc1Br)NCC1CCCO1. The lowest BCUT2D eigenvalue weighted by atomic mass is 10.2. The van der Waals surface area contributed by atoms with Gasteiger partial charge in [0.05, 0.1) is 11.9 Å². The quantitative estimate of drug-likeness (QED) is 0.844. The Morgan fingerprint density at radius 2 is 2.33 bits per heavy atom. The van der Waals surface area contributed by atoms with Crippen LogP contribution in [-0.4, -0.2) is 30.9 Å². The van der Waals surface area contributed by atoms with Crippen molar-refractivity contribution >= 4 is 33.6 Å². The fraction of sp³-hybridized carbons (Fsp3) is 0.462. The van der Waals surface area contributed by atoms with Crippen molar-refractivity contribution in [1.82, 2.24) is 5.32 Å². The van der Waals surface area contributed by atoms with Gasteiger partial charge in [-0.1, -0.05) is 12.1 Å². The highest BCUT2D eigenvalue weighted by molar-refractivity contribution is 9.10. The Bertz CT molecular complexity index is 408. The van der Waals surface area contributed by atoms with Gasteiger partial charge >= 0.3 is 0 Å². The van der Waals surface area contributed by atoms with E-state index in [-0.39, 0.29) is 12.0 Å². The summed E-state index contributed by atoms with van der Waals surface area (Å²) < 4.78 is 6.49. The summed E-state index contributed by atoms with van der Waals surface area (Å²) in [5.74, 6) is 0.501. The first kappa shape index (κ1) is 13.9. The molecule has 1 aliphatic heterocycles. The number of halogens is 1. The number of hydrogen-bond acceptors (Lipinski definition) is 3. The van der Waals surface area contributed by atoms with Crippen molar-refractivity contribution in [3.63, 3.8) is 0 Å². The molecule has 1 aromatic rings. The zero-order valence-electron chi connectivity index (χ0n) is 10.0. The first-order valence-corrected chi connectivity index (χ1v) is 7.79. The minimum Gasteiger partial charge on any atom is -0.376 e. The van der Waals surface area contributed by atoms with Crippen LogP contribution >= 0.6 is 27.7 Å². The Labute approximate surface area is 120 Å². The Hall–Kier alpha value is -0.520. The van der Waals surface area contributed by atoms with E-state index in [0.29, 0.717) is 12.3 Å². The third-order valence-corrected chi connectivity index (χ3v) is 4.77. The van der Waals surface area contributed by atoms with Crippen LogP contribution in [-0.2, 0) is 9.53 Å². The van der Waals surface area contributed by atoms with E-state index in [0.717, 1.165) is 28.8 Å². The molecule has 98 valence electrons. The molecule has 0 saturated carbocycles. The molecule has 0 aromatic heterocycles. The predicted octanol–water partition coefficient (Wildman–Crippen LogP) is 2.84. The molecule has 1 amide bonds. The second kappa shape index (κ2) is 7.16. The summed E-state index contributed by atoms with van der Waals surface area (Å²) in [6.07, 6.45) is 2.37. The fourth-order valence-electron chi connectivity index (χ4n) is 1.79. The zero-order valence-corrected chi connectivity index (χ0v) is 12.4. The van der Waals surface area contributed by atoms with Gasteiger partial charge in [-0.25, -0.2) is 0 Å². The maximum absolute atomic E-state index is 11.7. The smallest absolute Gasteiger partial charge is 0.230 e. The highest BCUT2D eigenvalue weighted by Gasteiger charge is 2.16. The third-order valence-electron chi connectivity index (χ3n) is 2.75. The normalized spacial score (nSPS) is 18.8. The number of ether oxygens (including phenoxy) is 1. The molecule has 1 fully saturated rings. The van der Waals surface area contributed by atoms with Crippen LogP contribution in [0.3, 0.4) is 0 Å². The average Bonchev–Trinajstić information content (AvgIpc) is 2.88. The van der Waals surface area contributed by atoms with Gasteiger partial charge in [0.25, 0.3) is 0 Å². The Morgan fingerprint density at radius 3 is 3.06 bits per heavy atom. The minimum atomic E-state index is 0.0613. The monoisotopic (exact) mass is 329 g/mol. The van der Waals surface area contributed by atoms with Crippen LogP contribution in [0.4, 0.5) is 0 Å². The van der Waals surface area contributed by atoms with Crippen LogP contribution in [0.25, 0.3) is 0 Å². The van der Waals surface area contributed by atoms with Gasteiger partial charge in [0, 0.05) is 22.5 Å². The number of hydrogen-bond donors (Lipinski definition) is 1. The van der Waals surface area contributed by atoms with Crippen LogP contribution in [0.15, 0.2) is 33.6 Å². The largest absolute Gasteiger partial charge is 0.376 e. The fourth-order valence-corrected chi connectivity index (χ4v) is 3.19. The van der Waals surface area contributed by atoms with Crippen LogP contribution in [0.1, 0.15) is 12.8 Å². The van der Waals surface area contributed by atoms with Gasteiger partial charge in [-0.05, 0) is 40.9 Å². The summed E-state index contributed by atoms with van der Waals surface area (Å²) in [6.45, 7) is 1.46. The summed E-state index contributed by atoms with van der Waals surface area (Å²) in [5.41, 5.74) is 0. The molecule has 0 bridgehead atoms. The second-order valence-electron chi connectivity index (χ2n) is 4.16. The molecule has 18 heavy (non-hydrogen) atoms. The van der Waals surface area contributed by atoms with Crippen LogP contribution in [0.5, 0.6) is 0 Å². The summed E-state index contributed by atoms with van der Waals surface area (Å²) in [4.78, 5) is 12.8. The van der Waals surface area contributed by atoms with Crippen LogP contribution in [0.2, 0.25) is 0 Å². The lowest BCUT2D eigenvalue weighted by Crippen LogP contribution is -2.32. The van der Waals surface area contributed by atoms with E-state index in [1.54, 1.807) is 0 Å². The minimum absolute atomic E-state index is 0.0613. The first-order valence-electron chi connectivity index (χ1n) is 6.01. The Kier molecular flexibility index (Phi) is 5.53. The zero-order chi connectivity index (χ0) is 12.8. The number of carbonyl (C=O) groups is 1. The van der Waals surface area contributed by atoms with Crippen LogP contribution in [0, 0.1) is 0 Å². The molecule has 1 unspecified atom stereocenters. The molecule has 1 atom stereocenters. The molecule has 1 N–H and O–H groups in total. The van der Waals surface area contributed by atoms with Gasteiger partial charge in [0.15, 0.2) is 0 Å². The molecule has 5 heteroatoms. The van der Waals surface area contributed by atoms with Crippen molar-refractivity contribution in [3.05, 3.63) is 28.7 Å². The molecule has 2 rings (SSSR count). The maximum atomic E-state index is 11.7. The van der Waals surface area contributed by atoms with Crippen LogP contribution < -0.4 is 5.32 Å². The van der Waals surface area contributed by atoms with Crippen molar-refractivity contribution in [1.29, 1.82) is 0 Å². The van der Waals surface area contributed by atoms with E-state index in [1.807, 2.05) is 24.3 Å². The molecule has 0 spiro atoms. The van der Waals surface area contributed by atoms with Crippen molar-refractivity contribution < 1.29 is 9.53 Å². The molecule has 1 heterocycles. The Morgan fingerprint density at radius 1 is 1.50 bits per heavy atom. The maximum Gasteiger partial charge on any atom is 0.230 e. The van der Waals surface area contributed by atoms with Gasteiger partial charge in [-0.2, -0.15) is 0 Å². The molecule has 1 aromatic carbocycles. The van der Waals surface area contributed by atoms with Gasteiger partial charge in [0.1, 0.15) is 0 Å². The topological polar surface area (TPSA) is 38.3 Å². The third kappa shape index (κ3) is 4.30. The second-order valence-corrected chi connectivity index (χ2v) is 6.03. The van der Waals surface area contributed by atoms with Crippen molar-refractivity contribution in [2.75, 3.05) is 18.9 Å². The molecular weight excluding hydrogens is 314 g/mol. The number of rotatable bonds is 5. The first-order chi connectivity index (χ1) is 8.75. The van der Waals surface area contributed by atoms with E-state index in [4.69, 9.17) is 4.74 Å². The molecule has 3 nitrogen and oxygen atoms in total. The summed E-state index contributed by atoms with van der Waals surface area (Å²) in [5, 5.41) is 2.91. The van der Waals surface area contributed by atoms with Crippen molar-refractivity contribution in [2.24, 2.45) is 0 Å². The molecule has 0 aliphatic carbocycles. The summed E-state index contributed by atoms with van der Waals surface area (Å²) in [7, 11) is 0. The van der Waals surface area contributed by atoms with E-state index in [1.165, 1.54) is 11.8 Å². The highest BCUT2D eigenvalue weighted by atomic mass is 79.9. The van der Waals surface area contributed by atoms with E-state index >= 15 is 0 Å². The standard InChI is InChI=1S/C13H16BrNO2S/c14-11-5-1-2-6-12(11)18-9-13(16)15-8-10-4-3-7-17-10/h1-2,5-6,10H,3-4,7-9H2,(H,15,16). The number of amides is 1. The van der Waals surface area contributed by atoms with Crippen molar-refractivity contribution in [2.45, 2.75) is 23.8 Å². The number of nitrogens with one attached hydrogen (secondary N) is 1. The lowest BCUT2D eigenvalue weighted by molar-refractivity contribution is -0.119. The molecule has 1 aliphatic rings.